The molecule has 1 aliphatic carbocycles. The molecule has 1 saturated carbocycles. The molecule has 9 heteroatoms. The number of hydrogen-bond acceptors (Lipinski definition) is 5. The molecule has 2 aromatic heterocycles. The molecular weight excluding hydrogens is 358 g/mol. The fourth-order valence-corrected chi connectivity index (χ4v) is 4.15. The molecule has 0 radical (unpaired) electrons. The highest BCUT2D eigenvalue weighted by molar-refractivity contribution is 7.14. The van der Waals surface area contributed by atoms with Gasteiger partial charge in [0.25, 0.3) is 5.56 Å². The number of rotatable bonds is 2. The highest BCUT2D eigenvalue weighted by Gasteiger charge is 2.30. The van der Waals surface area contributed by atoms with Crippen molar-refractivity contribution in [3.8, 4) is 0 Å². The van der Waals surface area contributed by atoms with Crippen LogP contribution in [0.3, 0.4) is 0 Å². The van der Waals surface area contributed by atoms with Gasteiger partial charge in [0.05, 0.1) is 11.6 Å². The first-order chi connectivity index (χ1) is 12.3. The van der Waals surface area contributed by atoms with Crippen LogP contribution in [-0.2, 0) is 4.74 Å². The van der Waals surface area contributed by atoms with Crippen molar-refractivity contribution in [1.29, 1.82) is 0 Å². The van der Waals surface area contributed by atoms with Crippen molar-refractivity contribution < 1.29 is 13.9 Å². The normalized spacial score (nSPS) is 14.5. The van der Waals surface area contributed by atoms with E-state index >= 15 is 0 Å². The largest absolute Gasteiger partial charge is 0.446 e. The topological polar surface area (TPSA) is 70.3 Å². The summed E-state index contributed by atoms with van der Waals surface area (Å²) in [5.74, 6) is -0.494. The van der Waals surface area contributed by atoms with Crippen molar-refractivity contribution in [2.75, 3.05) is 0 Å². The third-order valence-electron chi connectivity index (χ3n) is 4.43. The smallest absolute Gasteiger partial charge is 0.431 e. The lowest BCUT2D eigenvalue weighted by molar-refractivity contribution is 0.119. The number of benzene rings is 1. The minimum Gasteiger partial charge on any atom is -0.446 e. The van der Waals surface area contributed by atoms with Crippen molar-refractivity contribution in [2.24, 2.45) is 0 Å². The summed E-state index contributed by atoms with van der Waals surface area (Å²) in [6.45, 7) is 3.36. The highest BCUT2D eigenvalue weighted by atomic mass is 32.1. The molecule has 4 rings (SSSR count). The van der Waals surface area contributed by atoms with Gasteiger partial charge in [-0.1, -0.05) is 5.46 Å². The van der Waals surface area contributed by atoms with E-state index in [2.05, 4.69) is 0 Å². The van der Waals surface area contributed by atoms with Crippen LogP contribution in [-0.4, -0.2) is 28.6 Å². The fourth-order valence-electron chi connectivity index (χ4n) is 3.08. The molecule has 1 aliphatic rings. The Bertz CT molecular complexity index is 1190. The average molecular weight is 374 g/mol. The quantitative estimate of drug-likeness (QED) is 0.638. The maximum Gasteiger partial charge on any atom is 0.431 e. The summed E-state index contributed by atoms with van der Waals surface area (Å²) in [5, 5.41) is 0.0742. The van der Waals surface area contributed by atoms with Crippen LogP contribution in [0.25, 0.3) is 21.1 Å². The zero-order valence-corrected chi connectivity index (χ0v) is 15.4. The van der Waals surface area contributed by atoms with Gasteiger partial charge in [-0.2, -0.15) is 3.96 Å². The number of carbonyl (C=O) groups is 1. The number of fused-ring (bicyclic) bond motifs is 2. The van der Waals surface area contributed by atoms with Gasteiger partial charge < -0.3 is 9.30 Å². The Morgan fingerprint density at radius 3 is 2.65 bits per heavy atom. The standard InChI is InChI=1S/C17H16BFN2O4S/c1-7(2)25-17(24)21-15(23)13-14(22)9-5-11(19)10(18)6-12(9)20(8-3-4-8)16(13)26-21/h5-8H,3-4,18H2,1-2H3. The third kappa shape index (κ3) is 2.49. The lowest BCUT2D eigenvalue weighted by atomic mass is 9.93. The second kappa shape index (κ2) is 5.80. The van der Waals surface area contributed by atoms with Gasteiger partial charge >= 0.3 is 6.09 Å². The molecule has 3 aromatic rings. The van der Waals surface area contributed by atoms with Crippen LogP contribution >= 0.6 is 11.5 Å². The molecule has 0 saturated heterocycles. The van der Waals surface area contributed by atoms with E-state index in [-0.39, 0.29) is 16.8 Å². The number of pyridine rings is 1. The predicted molar refractivity (Wildman–Crippen MR) is 101 cm³/mol. The first-order valence-electron chi connectivity index (χ1n) is 8.41. The van der Waals surface area contributed by atoms with Crippen molar-refractivity contribution in [2.45, 2.75) is 38.8 Å². The first kappa shape index (κ1) is 17.0. The van der Waals surface area contributed by atoms with Crippen LogP contribution in [0.2, 0.25) is 0 Å². The van der Waals surface area contributed by atoms with E-state index in [0.717, 1.165) is 28.3 Å². The van der Waals surface area contributed by atoms with E-state index in [1.165, 1.54) is 6.07 Å². The van der Waals surface area contributed by atoms with Crippen molar-refractivity contribution in [1.82, 2.24) is 8.52 Å². The molecular formula is C17H16BFN2O4S. The van der Waals surface area contributed by atoms with Gasteiger partial charge in [-0.3, -0.25) is 9.59 Å². The van der Waals surface area contributed by atoms with Crippen LogP contribution in [0.5, 0.6) is 0 Å². The monoisotopic (exact) mass is 374 g/mol. The van der Waals surface area contributed by atoms with E-state index in [9.17, 15) is 18.8 Å². The van der Waals surface area contributed by atoms with Gasteiger partial charge in [-0.15, -0.1) is 0 Å². The lowest BCUT2D eigenvalue weighted by Gasteiger charge is -2.12. The van der Waals surface area contributed by atoms with E-state index in [0.29, 0.717) is 15.8 Å². The molecule has 0 aliphatic heterocycles. The Kier molecular flexibility index (Phi) is 3.80. The number of aromatic nitrogens is 2. The Labute approximate surface area is 152 Å². The van der Waals surface area contributed by atoms with Gasteiger partial charge in [0.1, 0.15) is 23.9 Å². The van der Waals surface area contributed by atoms with Gasteiger partial charge in [-0.05, 0) is 50.4 Å². The molecule has 1 fully saturated rings. The van der Waals surface area contributed by atoms with Crippen molar-refractivity contribution in [3.63, 3.8) is 0 Å². The number of hydrogen-bond donors (Lipinski definition) is 0. The first-order valence-corrected chi connectivity index (χ1v) is 9.18. The molecule has 0 atom stereocenters. The van der Waals surface area contributed by atoms with Crippen LogP contribution in [0, 0.1) is 5.82 Å². The molecule has 6 nitrogen and oxygen atoms in total. The van der Waals surface area contributed by atoms with Gasteiger partial charge in [-0.25, -0.2) is 9.18 Å². The SMILES string of the molecule is Bc1cc2c(cc1F)c(=O)c1c(=O)n(C(=O)OC(C)C)sc1n2C1CC1. The highest BCUT2D eigenvalue weighted by Crippen LogP contribution is 2.39. The molecule has 0 N–H and O–H groups in total. The summed E-state index contributed by atoms with van der Waals surface area (Å²) in [6, 6.07) is 2.95. The minimum atomic E-state index is -0.806. The maximum atomic E-state index is 14.1. The number of halogens is 1. The summed E-state index contributed by atoms with van der Waals surface area (Å²) < 4.78 is 21.9. The second-order valence-electron chi connectivity index (χ2n) is 6.85. The van der Waals surface area contributed by atoms with E-state index in [4.69, 9.17) is 4.74 Å². The lowest BCUT2D eigenvalue weighted by Crippen LogP contribution is -2.27. The summed E-state index contributed by atoms with van der Waals surface area (Å²) in [7, 11) is 1.63. The van der Waals surface area contributed by atoms with Crippen LogP contribution in [0.15, 0.2) is 21.7 Å². The third-order valence-corrected chi connectivity index (χ3v) is 5.50. The Morgan fingerprint density at radius 1 is 1.35 bits per heavy atom. The van der Waals surface area contributed by atoms with Gasteiger partial charge in [0, 0.05) is 11.4 Å². The zero-order chi connectivity index (χ0) is 18.7. The van der Waals surface area contributed by atoms with Crippen LogP contribution < -0.4 is 16.5 Å². The number of carbonyl (C=O) groups excluding carboxylic acids is 1. The van der Waals surface area contributed by atoms with E-state index < -0.39 is 29.0 Å². The van der Waals surface area contributed by atoms with Crippen molar-refractivity contribution >= 4 is 52.1 Å². The fraction of sp³-hybridized carbons (Fsp3) is 0.353. The number of nitrogens with zero attached hydrogens (tertiary/aromatic N) is 2. The van der Waals surface area contributed by atoms with Gasteiger partial charge in [0.15, 0.2) is 0 Å². The molecule has 0 spiro atoms. The average Bonchev–Trinajstić information content (AvgIpc) is 3.32. The number of ether oxygens (including phenoxy) is 1. The Balaban J connectivity index is 2.13. The molecule has 0 amide bonds. The minimum absolute atomic E-state index is 0.0849. The van der Waals surface area contributed by atoms with Crippen LogP contribution in [0.4, 0.5) is 9.18 Å². The summed E-state index contributed by atoms with van der Waals surface area (Å²) in [5.41, 5.74) is -0.243. The summed E-state index contributed by atoms with van der Waals surface area (Å²) >= 11 is 0.907. The van der Waals surface area contributed by atoms with Crippen molar-refractivity contribution in [3.05, 3.63) is 38.5 Å². The molecule has 0 unspecified atom stereocenters. The molecule has 0 bridgehead atoms. The summed E-state index contributed by atoms with van der Waals surface area (Å²) in [6.07, 6.45) is 0.620. The Hall–Kier alpha value is -2.42. The molecule has 2 heterocycles. The zero-order valence-electron chi connectivity index (χ0n) is 14.5. The molecule has 1 aromatic carbocycles. The van der Waals surface area contributed by atoms with E-state index in [1.54, 1.807) is 27.8 Å². The maximum absolute atomic E-state index is 14.1. The Morgan fingerprint density at radius 2 is 2.04 bits per heavy atom. The molecule has 26 heavy (non-hydrogen) atoms. The second-order valence-corrected chi connectivity index (χ2v) is 7.79. The van der Waals surface area contributed by atoms with Crippen LogP contribution in [0.1, 0.15) is 32.7 Å². The van der Waals surface area contributed by atoms with Gasteiger partial charge in [0.2, 0.25) is 5.43 Å². The van der Waals surface area contributed by atoms with E-state index in [1.807, 2.05) is 4.57 Å². The summed E-state index contributed by atoms with van der Waals surface area (Å²) in [4.78, 5) is 38.3. The molecule has 134 valence electrons. The predicted octanol–water partition coefficient (Wildman–Crippen LogP) is 1.50.